The van der Waals surface area contributed by atoms with Gasteiger partial charge in [0.1, 0.15) is 11.5 Å². The van der Waals surface area contributed by atoms with Crippen LogP contribution in [-0.2, 0) is 9.47 Å². The average molecular weight is 184 g/mol. The molecule has 2 nitrogen and oxygen atoms in total. The van der Waals surface area contributed by atoms with Gasteiger partial charge in [-0.3, -0.25) is 0 Å². The van der Waals surface area contributed by atoms with E-state index in [2.05, 4.69) is 20.4 Å². The first-order valence-corrected chi connectivity index (χ1v) is 4.49. The zero-order chi connectivity index (χ0) is 10.4. The predicted molar refractivity (Wildman–Crippen MR) is 55.2 cm³/mol. The lowest BCUT2D eigenvalue weighted by atomic mass is 9.93. The summed E-state index contributed by atoms with van der Waals surface area (Å²) in [5, 5.41) is 0. The van der Waals surface area contributed by atoms with Crippen LogP contribution >= 0.6 is 0 Å². The number of hydrogen-bond donors (Lipinski definition) is 0. The molecule has 2 atom stereocenters. The lowest BCUT2D eigenvalue weighted by Crippen LogP contribution is -2.12. The number of rotatable bonds is 5. The molecule has 0 rings (SSSR count). The normalized spacial score (nSPS) is 17.0. The summed E-state index contributed by atoms with van der Waals surface area (Å²) in [6, 6.07) is 0. The van der Waals surface area contributed by atoms with Crippen molar-refractivity contribution in [1.29, 1.82) is 0 Å². The van der Waals surface area contributed by atoms with E-state index >= 15 is 0 Å². The van der Waals surface area contributed by atoms with Gasteiger partial charge in [-0.15, -0.1) is 6.58 Å². The van der Waals surface area contributed by atoms with E-state index in [1.54, 1.807) is 14.2 Å². The van der Waals surface area contributed by atoms with Crippen molar-refractivity contribution >= 4 is 0 Å². The summed E-state index contributed by atoms with van der Waals surface area (Å²) in [5.41, 5.74) is 0. The highest BCUT2D eigenvalue weighted by Gasteiger charge is 2.17. The maximum absolute atomic E-state index is 5.29. The van der Waals surface area contributed by atoms with Gasteiger partial charge in [0.15, 0.2) is 0 Å². The minimum atomic E-state index is 0.308. The number of methoxy groups -OCH3 is 2. The van der Waals surface area contributed by atoms with Crippen molar-refractivity contribution in [3.05, 3.63) is 24.2 Å². The molecule has 2 unspecified atom stereocenters. The van der Waals surface area contributed by atoms with E-state index in [1.165, 1.54) is 0 Å². The fourth-order valence-electron chi connectivity index (χ4n) is 1.19. The third-order valence-electron chi connectivity index (χ3n) is 2.45. The number of allylic oxidation sites excluding steroid dienone is 3. The number of hydrogen-bond acceptors (Lipinski definition) is 2. The van der Waals surface area contributed by atoms with Crippen molar-refractivity contribution in [2.75, 3.05) is 14.2 Å². The summed E-state index contributed by atoms with van der Waals surface area (Å²) in [6.45, 7) is 9.89. The van der Waals surface area contributed by atoms with Gasteiger partial charge in [0, 0.05) is 5.92 Å². The van der Waals surface area contributed by atoms with E-state index < -0.39 is 0 Å². The van der Waals surface area contributed by atoms with Crippen LogP contribution in [0.15, 0.2) is 24.2 Å². The molecule has 0 heterocycles. The Morgan fingerprint density at radius 2 is 1.77 bits per heavy atom. The Morgan fingerprint density at radius 3 is 2.08 bits per heavy atom. The highest BCUT2D eigenvalue weighted by molar-refractivity contribution is 5.05. The molecule has 0 aromatic rings. The Morgan fingerprint density at radius 1 is 1.23 bits per heavy atom. The van der Waals surface area contributed by atoms with Gasteiger partial charge in [-0.1, -0.05) is 19.9 Å². The van der Waals surface area contributed by atoms with Crippen LogP contribution in [-0.4, -0.2) is 14.2 Å². The van der Waals surface area contributed by atoms with Crippen LogP contribution in [0.4, 0.5) is 0 Å². The Bertz CT molecular complexity index is 194. The first kappa shape index (κ1) is 12.1. The average Bonchev–Trinajstić information content (AvgIpc) is 2.17. The molecule has 0 saturated carbocycles. The SMILES string of the molecule is C=CC(C)C(C)/C(OC)=C(\C)OC. The van der Waals surface area contributed by atoms with Crippen LogP contribution in [0.2, 0.25) is 0 Å². The smallest absolute Gasteiger partial charge is 0.136 e. The standard InChI is InChI=1S/C11H20O2/c1-7-8(2)9(3)11(13-6)10(4)12-5/h7-9H,1H2,2-6H3/b11-10-. The molecular formula is C11H20O2. The Balaban J connectivity index is 4.67. The third-order valence-corrected chi connectivity index (χ3v) is 2.45. The summed E-state index contributed by atoms with van der Waals surface area (Å²) < 4.78 is 10.4. The minimum absolute atomic E-state index is 0.308. The van der Waals surface area contributed by atoms with E-state index in [-0.39, 0.29) is 0 Å². The summed E-state index contributed by atoms with van der Waals surface area (Å²) in [7, 11) is 3.32. The van der Waals surface area contributed by atoms with Gasteiger partial charge in [-0.05, 0) is 12.8 Å². The Hall–Kier alpha value is -0.920. The monoisotopic (exact) mass is 184 g/mol. The zero-order valence-electron chi connectivity index (χ0n) is 9.26. The molecule has 2 heteroatoms. The zero-order valence-corrected chi connectivity index (χ0v) is 9.26. The first-order chi connectivity index (χ1) is 6.08. The largest absolute Gasteiger partial charge is 0.498 e. The van der Waals surface area contributed by atoms with Crippen molar-refractivity contribution in [3.63, 3.8) is 0 Å². The molecule has 0 radical (unpaired) electrons. The van der Waals surface area contributed by atoms with Crippen LogP contribution in [0.1, 0.15) is 20.8 Å². The fraction of sp³-hybridized carbons (Fsp3) is 0.636. The molecule has 0 N–H and O–H groups in total. The van der Waals surface area contributed by atoms with Gasteiger partial charge in [0.05, 0.1) is 14.2 Å². The Kier molecular flexibility index (Phi) is 5.28. The minimum Gasteiger partial charge on any atom is -0.498 e. The van der Waals surface area contributed by atoms with E-state index in [4.69, 9.17) is 9.47 Å². The maximum Gasteiger partial charge on any atom is 0.136 e. The van der Waals surface area contributed by atoms with Crippen molar-refractivity contribution in [3.8, 4) is 0 Å². The fourth-order valence-corrected chi connectivity index (χ4v) is 1.19. The van der Waals surface area contributed by atoms with Crippen LogP contribution in [0.3, 0.4) is 0 Å². The van der Waals surface area contributed by atoms with Crippen LogP contribution in [0.25, 0.3) is 0 Å². The van der Waals surface area contributed by atoms with Gasteiger partial charge >= 0.3 is 0 Å². The van der Waals surface area contributed by atoms with E-state index in [0.29, 0.717) is 11.8 Å². The van der Waals surface area contributed by atoms with Gasteiger partial charge in [0.25, 0.3) is 0 Å². The van der Waals surface area contributed by atoms with Crippen LogP contribution < -0.4 is 0 Å². The summed E-state index contributed by atoms with van der Waals surface area (Å²) >= 11 is 0. The second-order valence-electron chi connectivity index (χ2n) is 3.21. The molecule has 0 saturated heterocycles. The van der Waals surface area contributed by atoms with Crippen molar-refractivity contribution in [2.24, 2.45) is 11.8 Å². The maximum atomic E-state index is 5.29. The second-order valence-corrected chi connectivity index (χ2v) is 3.21. The molecule has 13 heavy (non-hydrogen) atoms. The first-order valence-electron chi connectivity index (χ1n) is 4.49. The molecular weight excluding hydrogens is 164 g/mol. The molecule has 0 aliphatic carbocycles. The van der Waals surface area contributed by atoms with Crippen LogP contribution in [0.5, 0.6) is 0 Å². The Labute approximate surface area is 81.2 Å². The molecule has 76 valence electrons. The van der Waals surface area contributed by atoms with Gasteiger partial charge < -0.3 is 9.47 Å². The molecule has 0 fully saturated rings. The van der Waals surface area contributed by atoms with Crippen LogP contribution in [0, 0.1) is 11.8 Å². The van der Waals surface area contributed by atoms with E-state index in [0.717, 1.165) is 11.5 Å². The van der Waals surface area contributed by atoms with Crippen molar-refractivity contribution in [1.82, 2.24) is 0 Å². The van der Waals surface area contributed by atoms with Crippen molar-refractivity contribution in [2.45, 2.75) is 20.8 Å². The molecule has 0 bridgehead atoms. The molecule has 0 amide bonds. The number of ether oxygens (including phenoxy) is 2. The van der Waals surface area contributed by atoms with Gasteiger partial charge in [-0.2, -0.15) is 0 Å². The highest BCUT2D eigenvalue weighted by atomic mass is 16.5. The quantitative estimate of drug-likeness (QED) is 0.483. The molecule has 0 aromatic heterocycles. The predicted octanol–water partition coefficient (Wildman–Crippen LogP) is 2.97. The van der Waals surface area contributed by atoms with Gasteiger partial charge in [0.2, 0.25) is 0 Å². The molecule has 0 aliphatic heterocycles. The topological polar surface area (TPSA) is 18.5 Å². The third kappa shape index (κ3) is 3.13. The van der Waals surface area contributed by atoms with E-state index in [1.807, 2.05) is 13.0 Å². The lowest BCUT2D eigenvalue weighted by molar-refractivity contribution is 0.182. The van der Waals surface area contributed by atoms with Gasteiger partial charge in [-0.25, -0.2) is 0 Å². The lowest BCUT2D eigenvalue weighted by Gasteiger charge is -2.20. The summed E-state index contributed by atoms with van der Waals surface area (Å²) in [5.74, 6) is 2.43. The second kappa shape index (κ2) is 5.68. The van der Waals surface area contributed by atoms with Crippen molar-refractivity contribution < 1.29 is 9.47 Å². The summed E-state index contributed by atoms with van der Waals surface area (Å²) in [6.07, 6.45) is 1.92. The van der Waals surface area contributed by atoms with E-state index in [9.17, 15) is 0 Å². The molecule has 0 spiro atoms. The molecule has 0 aromatic carbocycles. The highest BCUT2D eigenvalue weighted by Crippen LogP contribution is 2.24. The summed E-state index contributed by atoms with van der Waals surface area (Å²) in [4.78, 5) is 0. The molecule has 0 aliphatic rings.